The van der Waals surface area contributed by atoms with Crippen molar-refractivity contribution in [1.29, 1.82) is 0 Å². The van der Waals surface area contributed by atoms with E-state index >= 15 is 0 Å². The Hall–Kier alpha value is -2.86. The quantitative estimate of drug-likeness (QED) is 0.286. The number of unbranched alkanes of at least 4 members (excludes halogenated alkanes) is 2. The second-order valence-electron chi connectivity index (χ2n) is 9.60. The third-order valence-corrected chi connectivity index (χ3v) is 5.45. The molecular weight excluding hydrogens is 430 g/mol. The largest absolute Gasteiger partial charge is 0.494 e. The first kappa shape index (κ1) is 27.4. The molecule has 6 nitrogen and oxygen atoms in total. The fraction of sp³-hybridized carbons (Fsp3) is 0.500. The lowest BCUT2D eigenvalue weighted by atomic mass is 9.95. The summed E-state index contributed by atoms with van der Waals surface area (Å²) in [7, 11) is 0. The summed E-state index contributed by atoms with van der Waals surface area (Å²) < 4.78 is 11.5. The minimum atomic E-state index is -0.921. The topological polar surface area (TPSA) is 84.9 Å². The predicted octanol–water partition coefficient (Wildman–Crippen LogP) is 5.36. The number of nitrogens with one attached hydrogen (secondary N) is 1. The lowest BCUT2D eigenvalue weighted by Crippen LogP contribution is -2.36. The number of hydrogen-bond acceptors (Lipinski definition) is 5. The second kappa shape index (κ2) is 13.8. The van der Waals surface area contributed by atoms with Crippen LogP contribution in [-0.2, 0) is 20.7 Å². The molecule has 6 heteroatoms. The lowest BCUT2D eigenvalue weighted by Gasteiger charge is -2.24. The number of hydrogen-bond donors (Lipinski definition) is 2. The SMILES string of the molecule is CC(NCCC(C(=O)OC(C)(C)C)c1ccc(OCCCCCc2ccccc2)cc1)C(=O)O. The fourth-order valence-electron chi connectivity index (χ4n) is 3.56. The van der Waals surface area contributed by atoms with Crippen molar-refractivity contribution in [3.05, 3.63) is 65.7 Å². The highest BCUT2D eigenvalue weighted by atomic mass is 16.6. The van der Waals surface area contributed by atoms with Crippen molar-refractivity contribution in [1.82, 2.24) is 5.32 Å². The van der Waals surface area contributed by atoms with Gasteiger partial charge in [0.15, 0.2) is 0 Å². The molecule has 2 N–H and O–H groups in total. The van der Waals surface area contributed by atoms with Crippen molar-refractivity contribution < 1.29 is 24.2 Å². The van der Waals surface area contributed by atoms with Gasteiger partial charge in [-0.3, -0.25) is 9.59 Å². The zero-order valence-corrected chi connectivity index (χ0v) is 20.9. The van der Waals surface area contributed by atoms with Crippen molar-refractivity contribution in [3.8, 4) is 5.75 Å². The van der Waals surface area contributed by atoms with E-state index in [9.17, 15) is 9.59 Å². The fourth-order valence-corrected chi connectivity index (χ4v) is 3.56. The molecule has 0 aliphatic carbocycles. The number of benzene rings is 2. The number of esters is 1. The number of aryl methyl sites for hydroxylation is 1. The molecule has 0 amide bonds. The number of carboxylic acid groups (broad SMARTS) is 1. The molecule has 2 atom stereocenters. The van der Waals surface area contributed by atoms with Gasteiger partial charge < -0.3 is 19.9 Å². The number of rotatable bonds is 14. The number of aliphatic carboxylic acids is 1. The van der Waals surface area contributed by atoms with Gasteiger partial charge in [0, 0.05) is 0 Å². The van der Waals surface area contributed by atoms with E-state index in [4.69, 9.17) is 14.6 Å². The highest BCUT2D eigenvalue weighted by Gasteiger charge is 2.27. The summed E-state index contributed by atoms with van der Waals surface area (Å²) in [6.07, 6.45) is 4.76. The summed E-state index contributed by atoms with van der Waals surface area (Å²) in [5, 5.41) is 12.0. The van der Waals surface area contributed by atoms with Gasteiger partial charge in [-0.25, -0.2) is 0 Å². The van der Waals surface area contributed by atoms with Crippen LogP contribution in [0.2, 0.25) is 0 Å². The molecule has 34 heavy (non-hydrogen) atoms. The number of carbonyl (C=O) groups excluding carboxylic acids is 1. The Bertz CT molecular complexity index is 874. The van der Waals surface area contributed by atoms with Crippen LogP contribution in [0.15, 0.2) is 54.6 Å². The van der Waals surface area contributed by atoms with Gasteiger partial charge in [0.1, 0.15) is 17.4 Å². The molecule has 0 spiro atoms. The maximum atomic E-state index is 12.8. The third kappa shape index (κ3) is 10.4. The molecule has 2 rings (SSSR count). The Morgan fingerprint density at radius 2 is 1.65 bits per heavy atom. The van der Waals surface area contributed by atoms with Crippen LogP contribution >= 0.6 is 0 Å². The van der Waals surface area contributed by atoms with E-state index in [2.05, 4.69) is 29.6 Å². The highest BCUT2D eigenvalue weighted by Crippen LogP contribution is 2.26. The standard InChI is InChI=1S/C28H39NO5/c1-21(26(30)31)29-19-18-25(27(32)34-28(2,3)4)23-14-16-24(17-15-23)33-20-10-6-9-13-22-11-7-5-8-12-22/h5,7-8,11-12,14-17,21,25,29H,6,9-10,13,18-20H2,1-4H3,(H,30,31). The highest BCUT2D eigenvalue weighted by molar-refractivity contribution is 5.78. The van der Waals surface area contributed by atoms with Gasteiger partial charge in [-0.05, 0) is 89.6 Å². The molecule has 0 aliphatic rings. The molecule has 0 saturated carbocycles. The first-order chi connectivity index (χ1) is 16.2. The minimum Gasteiger partial charge on any atom is -0.494 e. The van der Waals surface area contributed by atoms with E-state index < -0.39 is 23.5 Å². The molecule has 0 heterocycles. The van der Waals surface area contributed by atoms with E-state index in [0.29, 0.717) is 19.6 Å². The van der Waals surface area contributed by atoms with Gasteiger partial charge in [0.25, 0.3) is 0 Å². The summed E-state index contributed by atoms with van der Waals surface area (Å²) >= 11 is 0. The van der Waals surface area contributed by atoms with E-state index in [0.717, 1.165) is 37.0 Å². The van der Waals surface area contributed by atoms with Crippen LogP contribution in [0.4, 0.5) is 0 Å². The molecule has 2 aromatic carbocycles. The van der Waals surface area contributed by atoms with Crippen LogP contribution in [0.1, 0.15) is 70.4 Å². The average Bonchev–Trinajstić information content (AvgIpc) is 2.79. The van der Waals surface area contributed by atoms with Crippen LogP contribution in [0, 0.1) is 0 Å². The summed E-state index contributed by atoms with van der Waals surface area (Å²) in [5.74, 6) is -0.952. The Morgan fingerprint density at radius 3 is 2.26 bits per heavy atom. The molecule has 0 aliphatic heterocycles. The van der Waals surface area contributed by atoms with Crippen LogP contribution < -0.4 is 10.1 Å². The number of ether oxygens (including phenoxy) is 2. The molecular formula is C28H39NO5. The van der Waals surface area contributed by atoms with Gasteiger partial charge >= 0.3 is 11.9 Å². The first-order valence-corrected chi connectivity index (χ1v) is 12.1. The summed E-state index contributed by atoms with van der Waals surface area (Å²) in [4.78, 5) is 23.9. The van der Waals surface area contributed by atoms with Crippen LogP contribution in [0.5, 0.6) is 5.75 Å². The normalized spacial score (nSPS) is 13.2. The van der Waals surface area contributed by atoms with E-state index in [1.165, 1.54) is 5.56 Å². The van der Waals surface area contributed by atoms with Gasteiger partial charge in [0.2, 0.25) is 0 Å². The van der Waals surface area contributed by atoms with E-state index in [1.54, 1.807) is 6.92 Å². The average molecular weight is 470 g/mol. The van der Waals surface area contributed by atoms with Crippen molar-refractivity contribution in [2.24, 2.45) is 0 Å². The number of carbonyl (C=O) groups is 2. The Balaban J connectivity index is 1.85. The summed E-state index contributed by atoms with van der Waals surface area (Å²) in [6.45, 7) is 8.13. The smallest absolute Gasteiger partial charge is 0.320 e. The predicted molar refractivity (Wildman–Crippen MR) is 134 cm³/mol. The van der Waals surface area contributed by atoms with Crippen molar-refractivity contribution in [2.75, 3.05) is 13.2 Å². The second-order valence-corrected chi connectivity index (χ2v) is 9.60. The molecule has 0 bridgehead atoms. The molecule has 186 valence electrons. The Labute approximate surface area is 203 Å². The van der Waals surface area contributed by atoms with Gasteiger partial charge in [-0.15, -0.1) is 0 Å². The van der Waals surface area contributed by atoms with Crippen molar-refractivity contribution in [2.45, 2.75) is 77.4 Å². The maximum absolute atomic E-state index is 12.8. The van der Waals surface area contributed by atoms with E-state index in [-0.39, 0.29) is 5.97 Å². The maximum Gasteiger partial charge on any atom is 0.320 e. The molecule has 0 fully saturated rings. The molecule has 0 radical (unpaired) electrons. The molecule has 2 aromatic rings. The van der Waals surface area contributed by atoms with E-state index in [1.807, 2.05) is 51.1 Å². The van der Waals surface area contributed by atoms with Crippen LogP contribution in [0.25, 0.3) is 0 Å². The summed E-state index contributed by atoms with van der Waals surface area (Å²) in [5.41, 5.74) is 1.60. The number of carboxylic acids is 1. The molecule has 0 saturated heterocycles. The van der Waals surface area contributed by atoms with Gasteiger partial charge in [0.05, 0.1) is 12.5 Å². The monoisotopic (exact) mass is 469 g/mol. The first-order valence-electron chi connectivity index (χ1n) is 12.1. The van der Waals surface area contributed by atoms with Gasteiger partial charge in [-0.2, -0.15) is 0 Å². The Morgan fingerprint density at radius 1 is 0.971 bits per heavy atom. The lowest BCUT2D eigenvalue weighted by molar-refractivity contribution is -0.156. The molecule has 0 aromatic heterocycles. The van der Waals surface area contributed by atoms with Gasteiger partial charge in [-0.1, -0.05) is 42.5 Å². The van der Waals surface area contributed by atoms with Crippen LogP contribution in [0.3, 0.4) is 0 Å². The minimum absolute atomic E-state index is 0.315. The Kier molecular flexibility index (Phi) is 11.1. The zero-order valence-electron chi connectivity index (χ0n) is 20.9. The molecule has 2 unspecified atom stereocenters. The van der Waals surface area contributed by atoms with Crippen LogP contribution in [-0.4, -0.2) is 41.8 Å². The third-order valence-electron chi connectivity index (χ3n) is 5.45. The zero-order chi connectivity index (χ0) is 25.0. The van der Waals surface area contributed by atoms with Crippen molar-refractivity contribution in [3.63, 3.8) is 0 Å². The summed E-state index contributed by atoms with van der Waals surface area (Å²) in [6, 6.07) is 17.4. The van der Waals surface area contributed by atoms with Crippen molar-refractivity contribution >= 4 is 11.9 Å².